The molecule has 0 aliphatic heterocycles. The number of aryl methyl sites for hydroxylation is 3. The third-order valence-electron chi connectivity index (χ3n) is 4.32. The average Bonchev–Trinajstić information content (AvgIpc) is 3.12. The highest BCUT2D eigenvalue weighted by Gasteiger charge is 2.16. The van der Waals surface area contributed by atoms with Gasteiger partial charge < -0.3 is 14.6 Å². The lowest BCUT2D eigenvalue weighted by atomic mass is 10.1. The van der Waals surface area contributed by atoms with Gasteiger partial charge in [-0.2, -0.15) is 4.98 Å². The van der Waals surface area contributed by atoms with Crippen LogP contribution >= 0.6 is 0 Å². The van der Waals surface area contributed by atoms with E-state index in [4.69, 9.17) is 9.26 Å². The third-order valence-corrected chi connectivity index (χ3v) is 4.32. The van der Waals surface area contributed by atoms with E-state index >= 15 is 0 Å². The van der Waals surface area contributed by atoms with E-state index < -0.39 is 6.10 Å². The Balaban J connectivity index is 1.56. The number of nitrogens with zero attached hydrogens (tertiary/aromatic N) is 2. The van der Waals surface area contributed by atoms with Gasteiger partial charge in [-0.05, 0) is 57.0 Å². The van der Waals surface area contributed by atoms with Crippen LogP contribution in [-0.2, 0) is 11.3 Å². The minimum atomic E-state index is -0.633. The van der Waals surface area contributed by atoms with E-state index in [0.717, 1.165) is 16.7 Å². The second-order valence-corrected chi connectivity index (χ2v) is 6.61. The van der Waals surface area contributed by atoms with Crippen molar-refractivity contribution in [1.82, 2.24) is 15.5 Å². The Morgan fingerprint density at radius 1 is 1.15 bits per heavy atom. The lowest BCUT2D eigenvalue weighted by molar-refractivity contribution is -0.127. The molecule has 140 valence electrons. The van der Waals surface area contributed by atoms with Crippen LogP contribution in [0, 0.1) is 20.8 Å². The largest absolute Gasteiger partial charge is 0.481 e. The number of ether oxygens (including phenoxy) is 1. The van der Waals surface area contributed by atoms with Crippen molar-refractivity contribution in [3.8, 4) is 17.1 Å². The van der Waals surface area contributed by atoms with Crippen LogP contribution in [0.2, 0.25) is 0 Å². The Kier molecular flexibility index (Phi) is 5.54. The topological polar surface area (TPSA) is 77.2 Å². The number of amides is 1. The molecule has 0 unspecified atom stereocenters. The fraction of sp³-hybridized carbons (Fsp3) is 0.286. The standard InChI is InChI=1S/C21H23N3O3/c1-13-6-5-7-17(10-13)20-23-19(27-24-20)12-22-21(25)16(4)26-18-9-8-14(2)15(3)11-18/h5-11,16H,12H2,1-4H3,(H,22,25)/t16-/m1/s1. The molecule has 2 aromatic carbocycles. The predicted octanol–water partition coefficient (Wildman–Crippen LogP) is 3.75. The van der Waals surface area contributed by atoms with Gasteiger partial charge >= 0.3 is 0 Å². The molecule has 27 heavy (non-hydrogen) atoms. The van der Waals surface area contributed by atoms with E-state index in [1.165, 1.54) is 5.56 Å². The average molecular weight is 365 g/mol. The summed E-state index contributed by atoms with van der Waals surface area (Å²) in [4.78, 5) is 16.6. The van der Waals surface area contributed by atoms with Crippen molar-refractivity contribution in [1.29, 1.82) is 0 Å². The van der Waals surface area contributed by atoms with Crippen molar-refractivity contribution in [3.63, 3.8) is 0 Å². The molecule has 6 heteroatoms. The first-order valence-electron chi connectivity index (χ1n) is 8.83. The molecule has 0 saturated heterocycles. The van der Waals surface area contributed by atoms with Gasteiger partial charge in [0.05, 0.1) is 6.54 Å². The van der Waals surface area contributed by atoms with Gasteiger partial charge in [0, 0.05) is 5.56 Å². The zero-order valence-corrected chi connectivity index (χ0v) is 15.9. The second-order valence-electron chi connectivity index (χ2n) is 6.61. The van der Waals surface area contributed by atoms with Crippen molar-refractivity contribution >= 4 is 5.91 Å². The molecule has 0 aliphatic carbocycles. The molecule has 1 amide bonds. The summed E-state index contributed by atoms with van der Waals surface area (Å²) in [6.45, 7) is 7.90. The number of hydrogen-bond donors (Lipinski definition) is 1. The van der Waals surface area contributed by atoms with E-state index in [1.807, 2.05) is 63.2 Å². The first kappa shape index (κ1) is 18.6. The molecule has 1 heterocycles. The quantitative estimate of drug-likeness (QED) is 0.720. The fourth-order valence-corrected chi connectivity index (χ4v) is 2.58. The molecular weight excluding hydrogens is 342 g/mol. The Morgan fingerprint density at radius 2 is 1.96 bits per heavy atom. The molecule has 0 bridgehead atoms. The van der Waals surface area contributed by atoms with Crippen LogP contribution in [-0.4, -0.2) is 22.2 Å². The summed E-state index contributed by atoms with van der Waals surface area (Å²) in [7, 11) is 0. The summed E-state index contributed by atoms with van der Waals surface area (Å²) >= 11 is 0. The summed E-state index contributed by atoms with van der Waals surface area (Å²) in [5.41, 5.74) is 4.29. The van der Waals surface area contributed by atoms with Gasteiger partial charge in [0.15, 0.2) is 6.10 Å². The van der Waals surface area contributed by atoms with Crippen molar-refractivity contribution in [2.45, 2.75) is 40.3 Å². The number of nitrogens with one attached hydrogen (secondary N) is 1. The summed E-state index contributed by atoms with van der Waals surface area (Å²) in [6, 6.07) is 13.6. The molecule has 1 atom stereocenters. The Labute approximate surface area is 158 Å². The Bertz CT molecular complexity index is 949. The first-order chi connectivity index (χ1) is 12.9. The number of hydrogen-bond acceptors (Lipinski definition) is 5. The molecule has 1 aromatic heterocycles. The SMILES string of the molecule is Cc1cccc(-c2noc(CNC(=O)[C@@H](C)Oc3ccc(C)c(C)c3)n2)c1. The minimum absolute atomic E-state index is 0.151. The molecular formula is C21H23N3O3. The van der Waals surface area contributed by atoms with E-state index in [2.05, 4.69) is 15.5 Å². The monoisotopic (exact) mass is 365 g/mol. The summed E-state index contributed by atoms with van der Waals surface area (Å²) in [5.74, 6) is 1.27. The molecule has 0 radical (unpaired) electrons. The maximum atomic E-state index is 12.3. The third kappa shape index (κ3) is 4.73. The first-order valence-corrected chi connectivity index (χ1v) is 8.83. The zero-order valence-electron chi connectivity index (χ0n) is 15.9. The summed E-state index contributed by atoms with van der Waals surface area (Å²) in [5, 5.41) is 6.73. The molecule has 3 rings (SSSR count). The molecule has 3 aromatic rings. The van der Waals surface area contributed by atoms with Crippen LogP contribution in [0.3, 0.4) is 0 Å². The van der Waals surface area contributed by atoms with Crippen LogP contribution < -0.4 is 10.1 Å². The van der Waals surface area contributed by atoms with Crippen molar-refractivity contribution < 1.29 is 14.1 Å². The van der Waals surface area contributed by atoms with Crippen molar-refractivity contribution in [3.05, 3.63) is 65.0 Å². The lowest BCUT2D eigenvalue weighted by Crippen LogP contribution is -2.36. The van der Waals surface area contributed by atoms with Gasteiger partial charge in [-0.15, -0.1) is 0 Å². The molecule has 1 N–H and O–H groups in total. The van der Waals surface area contributed by atoms with Crippen molar-refractivity contribution in [2.24, 2.45) is 0 Å². The van der Waals surface area contributed by atoms with Crippen LogP contribution in [0.25, 0.3) is 11.4 Å². The van der Waals surface area contributed by atoms with Gasteiger partial charge in [-0.25, -0.2) is 0 Å². The number of benzene rings is 2. The minimum Gasteiger partial charge on any atom is -0.481 e. The summed E-state index contributed by atoms with van der Waals surface area (Å²) in [6.07, 6.45) is -0.633. The predicted molar refractivity (Wildman–Crippen MR) is 102 cm³/mol. The van der Waals surface area contributed by atoms with Crippen LogP contribution in [0.15, 0.2) is 47.0 Å². The smallest absolute Gasteiger partial charge is 0.261 e. The van der Waals surface area contributed by atoms with Gasteiger partial charge in [0.2, 0.25) is 11.7 Å². The highest BCUT2D eigenvalue weighted by Crippen LogP contribution is 2.18. The summed E-state index contributed by atoms with van der Waals surface area (Å²) < 4.78 is 10.9. The van der Waals surface area contributed by atoms with Crippen molar-refractivity contribution in [2.75, 3.05) is 0 Å². The van der Waals surface area contributed by atoms with Crippen LogP contribution in [0.1, 0.15) is 29.5 Å². The zero-order chi connectivity index (χ0) is 19.4. The number of carbonyl (C=O) groups is 1. The lowest BCUT2D eigenvalue weighted by Gasteiger charge is -2.15. The number of aromatic nitrogens is 2. The second kappa shape index (κ2) is 8.03. The maximum absolute atomic E-state index is 12.3. The van der Waals surface area contributed by atoms with E-state index in [9.17, 15) is 4.79 Å². The number of carbonyl (C=O) groups excluding carboxylic acids is 1. The Hall–Kier alpha value is -3.15. The normalized spacial score (nSPS) is 11.9. The van der Waals surface area contributed by atoms with Crippen LogP contribution in [0.5, 0.6) is 5.75 Å². The fourth-order valence-electron chi connectivity index (χ4n) is 2.58. The molecule has 0 saturated carbocycles. The van der Waals surface area contributed by atoms with Gasteiger partial charge in [0.1, 0.15) is 5.75 Å². The molecule has 6 nitrogen and oxygen atoms in total. The van der Waals surface area contributed by atoms with Gasteiger partial charge in [-0.1, -0.05) is 35.0 Å². The van der Waals surface area contributed by atoms with Crippen LogP contribution in [0.4, 0.5) is 0 Å². The van der Waals surface area contributed by atoms with Gasteiger partial charge in [-0.3, -0.25) is 4.79 Å². The maximum Gasteiger partial charge on any atom is 0.261 e. The van der Waals surface area contributed by atoms with Gasteiger partial charge in [0.25, 0.3) is 5.91 Å². The highest BCUT2D eigenvalue weighted by molar-refractivity contribution is 5.80. The molecule has 0 spiro atoms. The van der Waals surface area contributed by atoms with E-state index in [0.29, 0.717) is 17.5 Å². The molecule has 0 aliphatic rings. The van der Waals surface area contributed by atoms with E-state index in [1.54, 1.807) is 6.92 Å². The molecule has 0 fully saturated rings. The van der Waals surface area contributed by atoms with E-state index in [-0.39, 0.29) is 12.5 Å². The highest BCUT2D eigenvalue weighted by atomic mass is 16.5. The Morgan fingerprint density at radius 3 is 2.70 bits per heavy atom. The number of rotatable bonds is 6.